The molecule has 124 valence electrons. The van der Waals surface area contributed by atoms with Crippen LogP contribution in [0.4, 0.5) is 0 Å². The number of hydrogen-bond acceptors (Lipinski definition) is 3. The molecule has 0 fully saturated rings. The number of ether oxygens (including phenoxy) is 1. The summed E-state index contributed by atoms with van der Waals surface area (Å²) in [6.07, 6.45) is 0.914. The van der Waals surface area contributed by atoms with Crippen molar-refractivity contribution < 1.29 is 13.2 Å². The molecule has 4 nitrogen and oxygen atoms in total. The summed E-state index contributed by atoms with van der Waals surface area (Å²) in [6, 6.07) is 14.5. The van der Waals surface area contributed by atoms with E-state index in [4.69, 9.17) is 4.74 Å². The average molecular weight is 333 g/mol. The number of methoxy groups -OCH3 is 1. The highest BCUT2D eigenvalue weighted by Gasteiger charge is 2.18. The van der Waals surface area contributed by atoms with E-state index in [9.17, 15) is 8.42 Å². The zero-order chi connectivity index (χ0) is 16.9. The molecule has 0 saturated carbocycles. The van der Waals surface area contributed by atoms with Crippen molar-refractivity contribution in [1.29, 1.82) is 0 Å². The Bertz CT molecular complexity index is 742. The lowest BCUT2D eigenvalue weighted by Crippen LogP contribution is -2.23. The van der Waals surface area contributed by atoms with Crippen LogP contribution in [0.25, 0.3) is 0 Å². The van der Waals surface area contributed by atoms with Crippen LogP contribution in [0.15, 0.2) is 53.4 Å². The SMILES string of the molecule is CC[C@@H](C)c1cc(S(=O)(=O)NCc2ccccc2)ccc1OC. The Morgan fingerprint density at radius 2 is 1.83 bits per heavy atom. The van der Waals surface area contributed by atoms with Crippen molar-refractivity contribution in [2.45, 2.75) is 37.6 Å². The summed E-state index contributed by atoms with van der Waals surface area (Å²) in [7, 11) is -1.95. The molecule has 0 aliphatic heterocycles. The molecular weight excluding hydrogens is 310 g/mol. The van der Waals surface area contributed by atoms with E-state index >= 15 is 0 Å². The van der Waals surface area contributed by atoms with Gasteiger partial charge < -0.3 is 4.74 Å². The minimum atomic E-state index is -3.55. The van der Waals surface area contributed by atoms with E-state index in [0.717, 1.165) is 23.3 Å². The van der Waals surface area contributed by atoms with Gasteiger partial charge in [0, 0.05) is 6.54 Å². The summed E-state index contributed by atoms with van der Waals surface area (Å²) in [5.74, 6) is 0.954. The molecule has 23 heavy (non-hydrogen) atoms. The first-order valence-electron chi connectivity index (χ1n) is 7.69. The predicted octanol–water partition coefficient (Wildman–Crippen LogP) is 3.69. The minimum Gasteiger partial charge on any atom is -0.496 e. The molecule has 0 aliphatic rings. The minimum absolute atomic E-state index is 0.231. The van der Waals surface area contributed by atoms with Gasteiger partial charge in [0.2, 0.25) is 10.0 Å². The first kappa shape index (κ1) is 17.5. The molecule has 0 aliphatic carbocycles. The van der Waals surface area contributed by atoms with Gasteiger partial charge in [-0.1, -0.05) is 44.2 Å². The summed E-state index contributed by atoms with van der Waals surface area (Å²) >= 11 is 0. The third-order valence-electron chi connectivity index (χ3n) is 3.96. The van der Waals surface area contributed by atoms with E-state index in [1.165, 1.54) is 0 Å². The molecule has 0 radical (unpaired) electrons. The van der Waals surface area contributed by atoms with E-state index < -0.39 is 10.0 Å². The van der Waals surface area contributed by atoms with E-state index in [2.05, 4.69) is 18.6 Å². The van der Waals surface area contributed by atoms with Crippen LogP contribution in [-0.2, 0) is 16.6 Å². The first-order valence-corrected chi connectivity index (χ1v) is 9.17. The summed E-state index contributed by atoms with van der Waals surface area (Å²) in [5.41, 5.74) is 1.84. The second-order valence-corrected chi connectivity index (χ2v) is 7.29. The van der Waals surface area contributed by atoms with E-state index in [1.54, 1.807) is 25.3 Å². The molecule has 2 aromatic carbocycles. The molecule has 0 amide bonds. The van der Waals surface area contributed by atoms with Gasteiger partial charge in [-0.05, 0) is 41.7 Å². The van der Waals surface area contributed by atoms with Crippen LogP contribution in [0, 0.1) is 0 Å². The second kappa shape index (κ2) is 7.62. The molecule has 0 aromatic heterocycles. The molecule has 5 heteroatoms. The molecule has 2 aromatic rings. The maximum Gasteiger partial charge on any atom is 0.240 e. The molecule has 0 heterocycles. The fourth-order valence-electron chi connectivity index (χ4n) is 2.34. The van der Waals surface area contributed by atoms with Gasteiger partial charge >= 0.3 is 0 Å². The highest BCUT2D eigenvalue weighted by atomic mass is 32.2. The number of benzene rings is 2. The highest BCUT2D eigenvalue weighted by Crippen LogP contribution is 2.30. The second-order valence-electron chi connectivity index (χ2n) is 5.52. The van der Waals surface area contributed by atoms with Crippen LogP contribution in [-0.4, -0.2) is 15.5 Å². The number of nitrogens with one attached hydrogen (secondary N) is 1. The Balaban J connectivity index is 2.25. The Kier molecular flexibility index (Phi) is 5.80. The normalized spacial score (nSPS) is 12.8. The lowest BCUT2D eigenvalue weighted by atomic mass is 9.98. The molecule has 0 bridgehead atoms. The van der Waals surface area contributed by atoms with Crippen molar-refractivity contribution >= 4 is 10.0 Å². The van der Waals surface area contributed by atoms with Crippen LogP contribution < -0.4 is 9.46 Å². The number of rotatable bonds is 7. The van der Waals surface area contributed by atoms with Crippen molar-refractivity contribution in [1.82, 2.24) is 4.72 Å². The molecule has 2 rings (SSSR count). The van der Waals surface area contributed by atoms with Crippen molar-refractivity contribution in [2.24, 2.45) is 0 Å². The quantitative estimate of drug-likeness (QED) is 0.841. The lowest BCUT2D eigenvalue weighted by Gasteiger charge is -2.16. The third kappa shape index (κ3) is 4.33. The summed E-state index contributed by atoms with van der Waals surface area (Å²) in [5, 5.41) is 0. The fraction of sp³-hybridized carbons (Fsp3) is 0.333. The molecule has 0 unspecified atom stereocenters. The van der Waals surface area contributed by atoms with Crippen molar-refractivity contribution in [3.8, 4) is 5.75 Å². The Hall–Kier alpha value is -1.85. The summed E-state index contributed by atoms with van der Waals surface area (Å²) in [4.78, 5) is 0.268. The van der Waals surface area contributed by atoms with Gasteiger partial charge in [-0.15, -0.1) is 0 Å². The largest absolute Gasteiger partial charge is 0.496 e. The average Bonchev–Trinajstić information content (AvgIpc) is 2.59. The van der Waals surface area contributed by atoms with Gasteiger partial charge in [0.05, 0.1) is 12.0 Å². The maximum atomic E-state index is 12.5. The van der Waals surface area contributed by atoms with Crippen LogP contribution in [0.5, 0.6) is 5.75 Å². The lowest BCUT2D eigenvalue weighted by molar-refractivity contribution is 0.405. The van der Waals surface area contributed by atoms with Crippen molar-refractivity contribution in [3.05, 3.63) is 59.7 Å². The Morgan fingerprint density at radius 3 is 2.43 bits per heavy atom. The van der Waals surface area contributed by atoms with E-state index in [-0.39, 0.29) is 17.4 Å². The molecule has 1 atom stereocenters. The molecule has 1 N–H and O–H groups in total. The van der Waals surface area contributed by atoms with Crippen LogP contribution in [0.3, 0.4) is 0 Å². The van der Waals surface area contributed by atoms with Gasteiger partial charge in [-0.2, -0.15) is 0 Å². The summed E-state index contributed by atoms with van der Waals surface area (Å²) < 4.78 is 33.0. The predicted molar refractivity (Wildman–Crippen MR) is 92.2 cm³/mol. The van der Waals surface area contributed by atoms with Gasteiger partial charge in [-0.3, -0.25) is 0 Å². The van der Waals surface area contributed by atoms with Crippen LogP contribution in [0.2, 0.25) is 0 Å². The molecular formula is C18H23NO3S. The fourth-order valence-corrected chi connectivity index (χ4v) is 3.39. The number of sulfonamides is 1. The standard InChI is InChI=1S/C18H23NO3S/c1-4-14(2)17-12-16(10-11-18(17)22-3)23(20,21)19-13-15-8-6-5-7-9-15/h5-12,14,19H,4,13H2,1-3H3/t14-/m1/s1. The highest BCUT2D eigenvalue weighted by molar-refractivity contribution is 7.89. The zero-order valence-electron chi connectivity index (χ0n) is 13.7. The summed E-state index contributed by atoms with van der Waals surface area (Å²) in [6.45, 7) is 4.40. The molecule has 0 spiro atoms. The molecule has 0 saturated heterocycles. The smallest absolute Gasteiger partial charge is 0.240 e. The van der Waals surface area contributed by atoms with Gasteiger partial charge in [0.25, 0.3) is 0 Å². The van der Waals surface area contributed by atoms with Crippen LogP contribution >= 0.6 is 0 Å². The Labute approximate surface area is 138 Å². The van der Waals surface area contributed by atoms with Gasteiger partial charge in [0.15, 0.2) is 0 Å². The third-order valence-corrected chi connectivity index (χ3v) is 5.36. The van der Waals surface area contributed by atoms with Gasteiger partial charge in [-0.25, -0.2) is 13.1 Å². The van der Waals surface area contributed by atoms with Crippen molar-refractivity contribution in [2.75, 3.05) is 7.11 Å². The van der Waals surface area contributed by atoms with E-state index in [1.807, 2.05) is 30.3 Å². The Morgan fingerprint density at radius 1 is 1.13 bits per heavy atom. The topological polar surface area (TPSA) is 55.4 Å². The first-order chi connectivity index (χ1) is 11.0. The maximum absolute atomic E-state index is 12.5. The van der Waals surface area contributed by atoms with E-state index in [0.29, 0.717) is 0 Å². The monoisotopic (exact) mass is 333 g/mol. The van der Waals surface area contributed by atoms with Gasteiger partial charge in [0.1, 0.15) is 5.75 Å². The zero-order valence-corrected chi connectivity index (χ0v) is 14.6. The number of hydrogen-bond donors (Lipinski definition) is 1. The van der Waals surface area contributed by atoms with Crippen LogP contribution in [0.1, 0.15) is 37.3 Å². The van der Waals surface area contributed by atoms with Crippen molar-refractivity contribution in [3.63, 3.8) is 0 Å².